The molecule has 2 rings (SSSR count). The van der Waals surface area contributed by atoms with Crippen molar-refractivity contribution in [2.75, 3.05) is 7.05 Å². The Morgan fingerprint density at radius 2 is 1.91 bits per heavy atom. The Labute approximate surface area is 133 Å². The van der Waals surface area contributed by atoms with Gasteiger partial charge in [0.05, 0.1) is 5.56 Å². The van der Waals surface area contributed by atoms with Gasteiger partial charge in [0.1, 0.15) is 5.82 Å². The van der Waals surface area contributed by atoms with Crippen LogP contribution in [-0.2, 0) is 10.2 Å². The molecule has 0 unspecified atom stereocenters. The van der Waals surface area contributed by atoms with E-state index in [0.717, 1.165) is 42.1 Å². The number of carboxylic acids is 1. The fraction of sp³-hybridized carbons (Fsp3) is 0.429. The first-order valence-corrected chi connectivity index (χ1v) is 8.49. The Hall–Kier alpha value is -2.00. The summed E-state index contributed by atoms with van der Waals surface area (Å²) in [6, 6.07) is 2.52. The topological polar surface area (TPSA) is 104 Å². The molecule has 0 heterocycles. The highest BCUT2D eigenvalue weighted by Crippen LogP contribution is 2.24. The van der Waals surface area contributed by atoms with Crippen LogP contribution in [0.25, 0.3) is 0 Å². The summed E-state index contributed by atoms with van der Waals surface area (Å²) in [6.07, 6.45) is 3.32. The minimum atomic E-state index is -4.04. The fourth-order valence-electron chi connectivity index (χ4n) is 2.54. The van der Waals surface area contributed by atoms with Crippen LogP contribution in [0, 0.1) is 5.82 Å². The lowest BCUT2D eigenvalue weighted by Gasteiger charge is -2.23. The quantitative estimate of drug-likeness (QED) is 0.840. The third-order valence-corrected chi connectivity index (χ3v) is 5.40. The standard InChI is InChI=1S/C14H17FN2O5S/c1-17(10-4-2-3-5-10)23(21,22)16-13(18)9-6-7-11(14(19)20)12(15)8-9/h6-8,10H,2-5H2,1H3,(H,16,18)(H,19,20). The SMILES string of the molecule is CN(C1CCCC1)S(=O)(=O)NC(=O)c1ccc(C(=O)O)c(F)c1. The van der Waals surface area contributed by atoms with Crippen LogP contribution < -0.4 is 4.72 Å². The summed E-state index contributed by atoms with van der Waals surface area (Å²) < 4.78 is 40.9. The number of benzene rings is 1. The molecular formula is C14H17FN2O5S. The molecule has 0 bridgehead atoms. The van der Waals surface area contributed by atoms with Gasteiger partial charge < -0.3 is 5.11 Å². The summed E-state index contributed by atoms with van der Waals surface area (Å²) in [6.45, 7) is 0. The van der Waals surface area contributed by atoms with E-state index in [1.807, 2.05) is 4.72 Å². The largest absolute Gasteiger partial charge is 0.478 e. The second-order valence-electron chi connectivity index (χ2n) is 5.39. The number of nitrogens with one attached hydrogen (secondary N) is 1. The predicted molar refractivity (Wildman–Crippen MR) is 79.8 cm³/mol. The maximum absolute atomic E-state index is 13.6. The van der Waals surface area contributed by atoms with Gasteiger partial charge in [-0.15, -0.1) is 0 Å². The molecule has 0 saturated heterocycles. The number of carboxylic acid groups (broad SMARTS) is 1. The molecule has 1 fully saturated rings. The molecule has 0 atom stereocenters. The summed E-state index contributed by atoms with van der Waals surface area (Å²) in [7, 11) is -2.65. The Balaban J connectivity index is 2.14. The normalized spacial score (nSPS) is 15.8. The number of hydrogen-bond donors (Lipinski definition) is 2. The van der Waals surface area contributed by atoms with E-state index in [9.17, 15) is 22.4 Å². The molecule has 1 aliphatic carbocycles. The third kappa shape index (κ3) is 3.85. The number of aromatic carboxylic acids is 1. The zero-order chi connectivity index (χ0) is 17.2. The molecule has 1 aliphatic rings. The van der Waals surface area contributed by atoms with Gasteiger partial charge in [-0.3, -0.25) is 4.79 Å². The molecule has 0 radical (unpaired) electrons. The number of carbonyl (C=O) groups excluding carboxylic acids is 1. The Morgan fingerprint density at radius 3 is 2.43 bits per heavy atom. The molecule has 126 valence electrons. The molecule has 0 aromatic heterocycles. The predicted octanol–water partition coefficient (Wildman–Crippen LogP) is 1.37. The monoisotopic (exact) mass is 344 g/mol. The van der Waals surface area contributed by atoms with Crippen molar-refractivity contribution in [3.8, 4) is 0 Å². The lowest BCUT2D eigenvalue weighted by atomic mass is 10.1. The zero-order valence-corrected chi connectivity index (χ0v) is 13.3. The minimum absolute atomic E-state index is 0.161. The van der Waals surface area contributed by atoms with Crippen LogP contribution in [0.3, 0.4) is 0 Å². The van der Waals surface area contributed by atoms with Crippen LogP contribution in [0.4, 0.5) is 4.39 Å². The first-order chi connectivity index (χ1) is 10.7. The molecule has 1 aromatic carbocycles. The van der Waals surface area contributed by atoms with Crippen molar-refractivity contribution >= 4 is 22.1 Å². The zero-order valence-electron chi connectivity index (χ0n) is 12.5. The van der Waals surface area contributed by atoms with Crippen molar-refractivity contribution in [2.24, 2.45) is 0 Å². The van der Waals surface area contributed by atoms with E-state index in [0.29, 0.717) is 6.07 Å². The average Bonchev–Trinajstić information content (AvgIpc) is 2.99. The third-order valence-electron chi connectivity index (χ3n) is 3.90. The number of amides is 1. The summed E-state index contributed by atoms with van der Waals surface area (Å²) in [5.74, 6) is -3.58. The molecule has 23 heavy (non-hydrogen) atoms. The molecule has 1 saturated carbocycles. The molecular weight excluding hydrogens is 327 g/mol. The van der Waals surface area contributed by atoms with E-state index in [4.69, 9.17) is 5.11 Å². The van der Waals surface area contributed by atoms with Gasteiger partial charge >= 0.3 is 16.2 Å². The number of hydrogen-bond acceptors (Lipinski definition) is 4. The summed E-state index contributed by atoms with van der Waals surface area (Å²) in [5.41, 5.74) is -0.858. The maximum atomic E-state index is 13.6. The van der Waals surface area contributed by atoms with Gasteiger partial charge in [0, 0.05) is 18.7 Å². The lowest BCUT2D eigenvalue weighted by molar-refractivity contribution is 0.0691. The molecule has 1 amide bonds. The van der Waals surface area contributed by atoms with Gasteiger partial charge in [-0.25, -0.2) is 13.9 Å². The van der Waals surface area contributed by atoms with E-state index >= 15 is 0 Å². The number of carbonyl (C=O) groups is 2. The van der Waals surface area contributed by atoms with Crippen LogP contribution in [-0.4, -0.2) is 42.8 Å². The maximum Gasteiger partial charge on any atom is 0.338 e. The molecule has 0 spiro atoms. The van der Waals surface area contributed by atoms with Crippen LogP contribution in [0.15, 0.2) is 18.2 Å². The van der Waals surface area contributed by atoms with E-state index in [1.165, 1.54) is 7.05 Å². The highest BCUT2D eigenvalue weighted by atomic mass is 32.2. The van der Waals surface area contributed by atoms with Gasteiger partial charge in [0.15, 0.2) is 0 Å². The smallest absolute Gasteiger partial charge is 0.338 e. The van der Waals surface area contributed by atoms with Crippen molar-refractivity contribution in [3.05, 3.63) is 35.1 Å². The Bertz CT molecular complexity index is 729. The van der Waals surface area contributed by atoms with Crippen molar-refractivity contribution in [1.82, 2.24) is 9.03 Å². The van der Waals surface area contributed by atoms with Crippen LogP contribution >= 0.6 is 0 Å². The van der Waals surface area contributed by atoms with Crippen molar-refractivity contribution in [1.29, 1.82) is 0 Å². The number of rotatable bonds is 5. The summed E-state index contributed by atoms with van der Waals surface area (Å²) >= 11 is 0. The van der Waals surface area contributed by atoms with Crippen molar-refractivity contribution < 1.29 is 27.5 Å². The lowest BCUT2D eigenvalue weighted by Crippen LogP contribution is -2.45. The van der Waals surface area contributed by atoms with Gasteiger partial charge in [-0.2, -0.15) is 12.7 Å². The molecule has 2 N–H and O–H groups in total. The Morgan fingerprint density at radius 1 is 1.30 bits per heavy atom. The van der Waals surface area contributed by atoms with Gasteiger partial charge in [-0.1, -0.05) is 12.8 Å². The molecule has 7 nitrogen and oxygen atoms in total. The summed E-state index contributed by atoms with van der Waals surface area (Å²) in [5, 5.41) is 8.73. The van der Waals surface area contributed by atoms with E-state index < -0.39 is 33.5 Å². The second-order valence-corrected chi connectivity index (χ2v) is 7.12. The van der Waals surface area contributed by atoms with Crippen LogP contribution in [0.1, 0.15) is 46.4 Å². The highest BCUT2D eigenvalue weighted by Gasteiger charge is 2.30. The molecule has 9 heteroatoms. The Kier molecular flexibility index (Phi) is 5.00. The van der Waals surface area contributed by atoms with Crippen LogP contribution in [0.5, 0.6) is 0 Å². The molecule has 1 aromatic rings. The van der Waals surface area contributed by atoms with Gasteiger partial charge in [-0.05, 0) is 31.0 Å². The first kappa shape index (κ1) is 17.4. The number of halogens is 1. The average molecular weight is 344 g/mol. The van der Waals surface area contributed by atoms with E-state index in [1.54, 1.807) is 0 Å². The van der Waals surface area contributed by atoms with E-state index in [-0.39, 0.29) is 11.6 Å². The van der Waals surface area contributed by atoms with Gasteiger partial charge in [0.2, 0.25) is 0 Å². The van der Waals surface area contributed by atoms with Crippen LogP contribution in [0.2, 0.25) is 0 Å². The fourth-order valence-corrected chi connectivity index (χ4v) is 3.64. The highest BCUT2D eigenvalue weighted by molar-refractivity contribution is 7.87. The number of nitrogens with zero attached hydrogens (tertiary/aromatic N) is 1. The molecule has 0 aliphatic heterocycles. The minimum Gasteiger partial charge on any atom is -0.478 e. The van der Waals surface area contributed by atoms with Crippen molar-refractivity contribution in [2.45, 2.75) is 31.7 Å². The van der Waals surface area contributed by atoms with Crippen molar-refractivity contribution in [3.63, 3.8) is 0 Å². The second kappa shape index (κ2) is 6.63. The van der Waals surface area contributed by atoms with E-state index in [2.05, 4.69) is 0 Å². The first-order valence-electron chi connectivity index (χ1n) is 7.05. The summed E-state index contributed by atoms with van der Waals surface area (Å²) in [4.78, 5) is 22.7. The van der Waals surface area contributed by atoms with Gasteiger partial charge in [0.25, 0.3) is 5.91 Å².